The van der Waals surface area contributed by atoms with Crippen LogP contribution in [-0.4, -0.2) is 27.4 Å². The summed E-state index contributed by atoms with van der Waals surface area (Å²) >= 11 is 0. The molecule has 2 heterocycles. The van der Waals surface area contributed by atoms with Crippen molar-refractivity contribution < 1.29 is 0 Å². The van der Waals surface area contributed by atoms with Gasteiger partial charge in [-0.15, -0.1) is 10.2 Å². The van der Waals surface area contributed by atoms with E-state index in [-0.39, 0.29) is 0 Å². The molecule has 0 radical (unpaired) electrons. The third-order valence-electron chi connectivity index (χ3n) is 3.68. The van der Waals surface area contributed by atoms with Gasteiger partial charge in [-0.3, -0.25) is 0 Å². The first-order valence-corrected chi connectivity index (χ1v) is 7.42. The van der Waals surface area contributed by atoms with Crippen molar-refractivity contribution in [2.75, 3.05) is 6.54 Å². The number of nitrogens with one attached hydrogen (secondary N) is 1. The summed E-state index contributed by atoms with van der Waals surface area (Å²) in [6, 6.07) is 0.702. The summed E-state index contributed by atoms with van der Waals surface area (Å²) in [5.41, 5.74) is 1.38. The second-order valence-corrected chi connectivity index (χ2v) is 5.12. The van der Waals surface area contributed by atoms with Gasteiger partial charge >= 0.3 is 0 Å². The minimum absolute atomic E-state index is 0.599. The van der Waals surface area contributed by atoms with Crippen molar-refractivity contribution in [1.82, 2.24) is 20.1 Å². The topological polar surface area (TPSA) is 42.7 Å². The van der Waals surface area contributed by atoms with Crippen molar-refractivity contribution in [2.24, 2.45) is 13.0 Å². The van der Waals surface area contributed by atoms with Crippen LogP contribution in [-0.2, 0) is 7.05 Å². The van der Waals surface area contributed by atoms with Gasteiger partial charge < -0.3 is 9.88 Å². The standard InChI is InChI=1S/C13H22N4.C2H6/c1-10(7-12-5-4-6-14-12)11(2)8-13-16-15-9-17(13)3;1-2/h8-10,12,14H,4-7H2,1-3H3;1-2H3/b11-8+;. The predicted octanol–water partition coefficient (Wildman–Crippen LogP) is 3.02. The van der Waals surface area contributed by atoms with Crippen LogP contribution >= 0.6 is 0 Å². The van der Waals surface area contributed by atoms with Crippen LogP contribution in [0.5, 0.6) is 0 Å². The summed E-state index contributed by atoms with van der Waals surface area (Å²) < 4.78 is 1.95. The van der Waals surface area contributed by atoms with E-state index < -0.39 is 0 Å². The molecule has 2 atom stereocenters. The van der Waals surface area contributed by atoms with Crippen LogP contribution in [0.4, 0.5) is 0 Å². The van der Waals surface area contributed by atoms with Crippen molar-refractivity contribution in [3.05, 3.63) is 17.7 Å². The maximum absolute atomic E-state index is 4.09. The molecule has 0 spiro atoms. The molecule has 1 saturated heterocycles. The van der Waals surface area contributed by atoms with Crippen LogP contribution in [0, 0.1) is 5.92 Å². The molecular formula is C15H28N4. The Morgan fingerprint density at radius 2 is 2.32 bits per heavy atom. The number of hydrogen-bond acceptors (Lipinski definition) is 3. The van der Waals surface area contributed by atoms with Gasteiger partial charge in [0.25, 0.3) is 0 Å². The zero-order valence-corrected chi connectivity index (χ0v) is 13.0. The SMILES string of the molecule is C/C(=C\c1nncn1C)C(C)CC1CCCN1.CC. The summed E-state index contributed by atoms with van der Waals surface area (Å²) in [6.45, 7) is 9.67. The van der Waals surface area contributed by atoms with E-state index in [0.29, 0.717) is 12.0 Å². The minimum atomic E-state index is 0.599. The number of aromatic nitrogens is 3. The third-order valence-corrected chi connectivity index (χ3v) is 3.68. The first kappa shape index (κ1) is 15.9. The zero-order chi connectivity index (χ0) is 14.3. The summed E-state index contributed by atoms with van der Waals surface area (Å²) in [5, 5.41) is 11.5. The minimum Gasteiger partial charge on any atom is -0.317 e. The maximum Gasteiger partial charge on any atom is 0.156 e. The molecular weight excluding hydrogens is 236 g/mol. The Labute approximate surface area is 117 Å². The normalized spacial score (nSPS) is 20.9. The second kappa shape index (κ2) is 8.10. The zero-order valence-electron chi connectivity index (χ0n) is 13.0. The molecule has 4 heteroatoms. The Balaban J connectivity index is 0.000000861. The Bertz CT molecular complexity index is 389. The van der Waals surface area contributed by atoms with Gasteiger partial charge in [0.05, 0.1) is 0 Å². The van der Waals surface area contributed by atoms with E-state index in [4.69, 9.17) is 0 Å². The van der Waals surface area contributed by atoms with Crippen LogP contribution in [0.1, 0.15) is 52.8 Å². The lowest BCUT2D eigenvalue weighted by Gasteiger charge is -2.17. The van der Waals surface area contributed by atoms with Gasteiger partial charge in [-0.1, -0.05) is 26.3 Å². The lowest BCUT2D eigenvalue weighted by Crippen LogP contribution is -2.23. The lowest BCUT2D eigenvalue weighted by molar-refractivity contribution is 0.480. The molecule has 19 heavy (non-hydrogen) atoms. The first-order valence-electron chi connectivity index (χ1n) is 7.42. The number of hydrogen-bond donors (Lipinski definition) is 1. The maximum atomic E-state index is 4.09. The molecule has 0 aliphatic carbocycles. The average molecular weight is 264 g/mol. The van der Waals surface area contributed by atoms with Gasteiger partial charge in [0.1, 0.15) is 6.33 Å². The van der Waals surface area contributed by atoms with Crippen molar-refractivity contribution in [1.29, 1.82) is 0 Å². The molecule has 1 aromatic rings. The molecule has 0 aromatic carbocycles. The van der Waals surface area contributed by atoms with Crippen LogP contribution in [0.25, 0.3) is 6.08 Å². The van der Waals surface area contributed by atoms with E-state index >= 15 is 0 Å². The summed E-state index contributed by atoms with van der Waals surface area (Å²) in [6.07, 6.45) is 7.75. The monoisotopic (exact) mass is 264 g/mol. The summed E-state index contributed by atoms with van der Waals surface area (Å²) in [4.78, 5) is 0. The van der Waals surface area contributed by atoms with E-state index in [9.17, 15) is 0 Å². The number of rotatable bonds is 4. The molecule has 1 aliphatic heterocycles. The fraction of sp³-hybridized carbons (Fsp3) is 0.733. The second-order valence-electron chi connectivity index (χ2n) is 5.12. The van der Waals surface area contributed by atoms with Crippen LogP contribution < -0.4 is 5.32 Å². The molecule has 1 N–H and O–H groups in total. The molecule has 108 valence electrons. The van der Waals surface area contributed by atoms with Gasteiger partial charge in [-0.05, 0) is 44.7 Å². The quantitative estimate of drug-likeness (QED) is 0.909. The molecule has 1 aliphatic rings. The van der Waals surface area contributed by atoms with Gasteiger partial charge in [0.15, 0.2) is 5.82 Å². The van der Waals surface area contributed by atoms with Crippen molar-refractivity contribution in [3.8, 4) is 0 Å². The lowest BCUT2D eigenvalue weighted by atomic mass is 9.93. The summed E-state index contributed by atoms with van der Waals surface area (Å²) in [5.74, 6) is 1.54. The Hall–Kier alpha value is -1.16. The third kappa shape index (κ3) is 4.78. The van der Waals surface area contributed by atoms with E-state index in [2.05, 4.69) is 35.4 Å². The molecule has 1 aromatic heterocycles. The van der Waals surface area contributed by atoms with E-state index in [1.807, 2.05) is 25.5 Å². The summed E-state index contributed by atoms with van der Waals surface area (Å²) in [7, 11) is 1.97. The highest BCUT2D eigenvalue weighted by atomic mass is 15.2. The number of allylic oxidation sites excluding steroid dienone is 1. The van der Waals surface area contributed by atoms with Crippen molar-refractivity contribution >= 4 is 6.08 Å². The van der Waals surface area contributed by atoms with Crippen LogP contribution in [0.2, 0.25) is 0 Å². The molecule has 0 bridgehead atoms. The van der Waals surface area contributed by atoms with Crippen LogP contribution in [0.3, 0.4) is 0 Å². The highest BCUT2D eigenvalue weighted by Gasteiger charge is 2.17. The predicted molar refractivity (Wildman–Crippen MR) is 80.8 cm³/mol. The molecule has 0 amide bonds. The number of nitrogens with zero attached hydrogens (tertiary/aromatic N) is 3. The van der Waals surface area contributed by atoms with E-state index in [0.717, 1.165) is 5.82 Å². The van der Waals surface area contributed by atoms with Gasteiger partial charge in [-0.25, -0.2) is 0 Å². The highest BCUT2D eigenvalue weighted by Crippen LogP contribution is 2.21. The van der Waals surface area contributed by atoms with Gasteiger partial charge in [-0.2, -0.15) is 0 Å². The van der Waals surface area contributed by atoms with Crippen molar-refractivity contribution in [3.63, 3.8) is 0 Å². The van der Waals surface area contributed by atoms with Crippen molar-refractivity contribution in [2.45, 2.75) is 53.0 Å². The first-order chi connectivity index (χ1) is 9.16. The van der Waals surface area contributed by atoms with Crippen LogP contribution in [0.15, 0.2) is 11.9 Å². The smallest absolute Gasteiger partial charge is 0.156 e. The van der Waals surface area contributed by atoms with E-state index in [1.165, 1.54) is 31.4 Å². The van der Waals surface area contributed by atoms with E-state index in [1.54, 1.807) is 6.33 Å². The number of aryl methyl sites for hydroxylation is 1. The molecule has 0 saturated carbocycles. The fourth-order valence-electron chi connectivity index (χ4n) is 2.34. The Morgan fingerprint density at radius 3 is 2.84 bits per heavy atom. The largest absolute Gasteiger partial charge is 0.317 e. The average Bonchev–Trinajstić information content (AvgIpc) is 3.05. The fourth-order valence-corrected chi connectivity index (χ4v) is 2.34. The molecule has 4 nitrogen and oxygen atoms in total. The molecule has 1 fully saturated rings. The molecule has 2 rings (SSSR count). The highest BCUT2D eigenvalue weighted by molar-refractivity contribution is 5.44. The van der Waals surface area contributed by atoms with Gasteiger partial charge in [0.2, 0.25) is 0 Å². The Kier molecular flexibility index (Phi) is 6.78. The van der Waals surface area contributed by atoms with Gasteiger partial charge in [0, 0.05) is 13.1 Å². The Morgan fingerprint density at radius 1 is 1.58 bits per heavy atom. The molecule has 2 unspecified atom stereocenters.